The molecule has 0 saturated heterocycles. The van der Waals surface area contributed by atoms with Crippen molar-refractivity contribution in [3.63, 3.8) is 0 Å². The largest absolute Gasteiger partial charge is 0.465 e. The van der Waals surface area contributed by atoms with Gasteiger partial charge >= 0.3 is 5.97 Å². The number of amides is 1. The summed E-state index contributed by atoms with van der Waals surface area (Å²) in [6.07, 6.45) is 1.01. The van der Waals surface area contributed by atoms with Crippen LogP contribution in [0.4, 0.5) is 0 Å². The topological polar surface area (TPSA) is 79.1 Å². The van der Waals surface area contributed by atoms with Gasteiger partial charge in [0.05, 0.1) is 16.8 Å². The zero-order valence-electron chi connectivity index (χ0n) is 17.3. The number of hydrogen-bond acceptors (Lipinski definition) is 7. The quantitative estimate of drug-likeness (QED) is 0.259. The normalized spacial score (nSPS) is 13.0. The first-order valence-electron chi connectivity index (χ1n) is 10.1. The van der Waals surface area contributed by atoms with Gasteiger partial charge in [-0.15, -0.1) is 11.8 Å². The van der Waals surface area contributed by atoms with E-state index in [0.717, 1.165) is 20.9 Å². The van der Waals surface area contributed by atoms with Crippen LogP contribution in [-0.2, 0) is 20.9 Å². The SMILES string of the molecule is CCOC(=O)Cn1c(=NC(=O)CCCSc2ccc(Cl)cc2)sc2cc3c(cc21)OCO3. The van der Waals surface area contributed by atoms with Gasteiger partial charge in [-0.25, -0.2) is 0 Å². The first kappa shape index (κ1) is 22.7. The molecule has 1 aliphatic heterocycles. The molecule has 0 N–H and O–H groups in total. The lowest BCUT2D eigenvalue weighted by Crippen LogP contribution is -2.23. The first-order valence-corrected chi connectivity index (χ1v) is 12.3. The van der Waals surface area contributed by atoms with E-state index in [2.05, 4.69) is 4.99 Å². The summed E-state index contributed by atoms with van der Waals surface area (Å²) in [5.74, 6) is 1.41. The molecule has 2 heterocycles. The van der Waals surface area contributed by atoms with Gasteiger partial charge in [0, 0.05) is 28.5 Å². The Balaban J connectivity index is 1.50. The summed E-state index contributed by atoms with van der Waals surface area (Å²) in [5, 5.41) is 0.700. The van der Waals surface area contributed by atoms with Gasteiger partial charge in [0.2, 0.25) is 12.7 Å². The Morgan fingerprint density at radius 3 is 2.72 bits per heavy atom. The third kappa shape index (κ3) is 5.46. The van der Waals surface area contributed by atoms with Crippen LogP contribution in [0.15, 0.2) is 46.3 Å². The van der Waals surface area contributed by atoms with Crippen LogP contribution < -0.4 is 14.3 Å². The Morgan fingerprint density at radius 2 is 1.97 bits per heavy atom. The van der Waals surface area contributed by atoms with E-state index in [1.54, 1.807) is 29.3 Å². The summed E-state index contributed by atoms with van der Waals surface area (Å²) in [6.45, 7) is 2.16. The van der Waals surface area contributed by atoms with Crippen LogP contribution in [0.25, 0.3) is 10.2 Å². The van der Waals surface area contributed by atoms with Crippen molar-refractivity contribution in [2.75, 3.05) is 19.2 Å². The molecule has 32 heavy (non-hydrogen) atoms. The number of fused-ring (bicyclic) bond motifs is 2. The number of halogens is 1. The van der Waals surface area contributed by atoms with E-state index >= 15 is 0 Å². The van der Waals surface area contributed by atoms with E-state index in [1.165, 1.54) is 11.3 Å². The molecule has 1 aliphatic rings. The maximum absolute atomic E-state index is 12.5. The summed E-state index contributed by atoms with van der Waals surface area (Å²) < 4.78 is 18.5. The van der Waals surface area contributed by atoms with Crippen molar-refractivity contribution < 1.29 is 23.8 Å². The average molecular weight is 493 g/mol. The molecule has 0 spiro atoms. The molecule has 168 valence electrons. The van der Waals surface area contributed by atoms with Gasteiger partial charge in [0.25, 0.3) is 0 Å². The number of ether oxygens (including phenoxy) is 3. The van der Waals surface area contributed by atoms with Crippen LogP contribution >= 0.6 is 34.7 Å². The van der Waals surface area contributed by atoms with Gasteiger partial charge in [0.15, 0.2) is 16.3 Å². The van der Waals surface area contributed by atoms with Crippen LogP contribution in [-0.4, -0.2) is 35.6 Å². The number of carbonyl (C=O) groups is 2. The summed E-state index contributed by atoms with van der Waals surface area (Å²) in [7, 11) is 0. The summed E-state index contributed by atoms with van der Waals surface area (Å²) in [6, 6.07) is 11.3. The minimum Gasteiger partial charge on any atom is -0.465 e. The van der Waals surface area contributed by atoms with Gasteiger partial charge in [-0.3, -0.25) is 9.59 Å². The first-order chi connectivity index (χ1) is 15.5. The third-order valence-corrected chi connectivity index (χ3v) is 7.00. The molecule has 0 aliphatic carbocycles. The molecule has 0 saturated carbocycles. The average Bonchev–Trinajstić information content (AvgIpc) is 3.35. The molecule has 0 radical (unpaired) electrons. The number of rotatable bonds is 8. The Bertz CT molecular complexity index is 1200. The molecule has 0 bridgehead atoms. The Hall–Kier alpha value is -2.49. The van der Waals surface area contributed by atoms with E-state index in [4.69, 9.17) is 25.8 Å². The fraction of sp³-hybridized carbons (Fsp3) is 0.318. The number of benzene rings is 2. The second-order valence-corrected chi connectivity index (χ2v) is 9.47. The third-order valence-electron chi connectivity index (χ3n) is 4.61. The van der Waals surface area contributed by atoms with Gasteiger partial charge in [-0.1, -0.05) is 22.9 Å². The molecule has 2 aromatic carbocycles. The molecule has 4 rings (SSSR count). The summed E-state index contributed by atoms with van der Waals surface area (Å²) >= 11 is 8.90. The number of carbonyl (C=O) groups excluding carboxylic acids is 2. The number of thioether (sulfide) groups is 1. The summed E-state index contributed by atoms with van der Waals surface area (Å²) in [5.41, 5.74) is 0.747. The van der Waals surface area contributed by atoms with Crippen LogP contribution in [0.5, 0.6) is 11.5 Å². The standard InChI is InChI=1S/C22H21ClN2O5S2/c1-2-28-21(27)12-25-16-10-17-18(30-13-29-17)11-19(16)32-22(25)24-20(26)4-3-9-31-15-7-5-14(23)6-8-15/h5-8,10-11H,2-4,9,12-13H2,1H3. The predicted octanol–water partition coefficient (Wildman–Crippen LogP) is 4.65. The maximum atomic E-state index is 12.5. The molecule has 0 atom stereocenters. The minimum absolute atomic E-state index is 0.0357. The van der Waals surface area contributed by atoms with E-state index in [-0.39, 0.29) is 25.9 Å². The van der Waals surface area contributed by atoms with Crippen molar-refractivity contribution >= 4 is 56.8 Å². The number of hydrogen-bond donors (Lipinski definition) is 0. The fourth-order valence-corrected chi connectivity index (χ4v) is 5.18. The molecule has 0 fully saturated rings. The zero-order chi connectivity index (χ0) is 22.5. The van der Waals surface area contributed by atoms with Crippen LogP contribution in [0.2, 0.25) is 5.02 Å². The highest BCUT2D eigenvalue weighted by atomic mass is 35.5. The molecule has 0 unspecified atom stereocenters. The molecule has 1 aromatic heterocycles. The van der Waals surface area contributed by atoms with Gasteiger partial charge in [-0.2, -0.15) is 4.99 Å². The van der Waals surface area contributed by atoms with Gasteiger partial charge in [-0.05, 0) is 43.4 Å². The van der Waals surface area contributed by atoms with Gasteiger partial charge < -0.3 is 18.8 Å². The maximum Gasteiger partial charge on any atom is 0.326 e. The van der Waals surface area contributed by atoms with Crippen molar-refractivity contribution in [2.45, 2.75) is 31.2 Å². The predicted molar refractivity (Wildman–Crippen MR) is 125 cm³/mol. The Morgan fingerprint density at radius 1 is 1.22 bits per heavy atom. The minimum atomic E-state index is -0.391. The highest BCUT2D eigenvalue weighted by Gasteiger charge is 2.19. The number of nitrogens with zero attached hydrogens (tertiary/aromatic N) is 2. The highest BCUT2D eigenvalue weighted by molar-refractivity contribution is 7.99. The van der Waals surface area contributed by atoms with Crippen molar-refractivity contribution in [1.82, 2.24) is 4.57 Å². The smallest absolute Gasteiger partial charge is 0.326 e. The Labute approximate surface area is 198 Å². The van der Waals surface area contributed by atoms with Crippen LogP contribution in [0.1, 0.15) is 19.8 Å². The number of aromatic nitrogens is 1. The van der Waals surface area contributed by atoms with Crippen molar-refractivity contribution in [3.8, 4) is 11.5 Å². The molecule has 3 aromatic rings. The molecule has 10 heteroatoms. The Kier molecular flexibility index (Phi) is 7.39. The molecule has 7 nitrogen and oxygen atoms in total. The van der Waals surface area contributed by atoms with E-state index in [1.807, 2.05) is 30.3 Å². The lowest BCUT2D eigenvalue weighted by molar-refractivity contribution is -0.143. The van der Waals surface area contributed by atoms with Crippen LogP contribution in [0, 0.1) is 0 Å². The summed E-state index contributed by atoms with van der Waals surface area (Å²) in [4.78, 5) is 30.6. The molecule has 1 amide bonds. The fourth-order valence-electron chi connectivity index (χ4n) is 3.14. The van der Waals surface area contributed by atoms with Crippen LogP contribution in [0.3, 0.4) is 0 Å². The lowest BCUT2D eigenvalue weighted by Gasteiger charge is -2.05. The monoisotopic (exact) mass is 492 g/mol. The second-order valence-electron chi connectivity index (χ2n) is 6.86. The van der Waals surface area contributed by atoms with Crippen molar-refractivity contribution in [2.24, 2.45) is 4.99 Å². The van der Waals surface area contributed by atoms with Crippen molar-refractivity contribution in [1.29, 1.82) is 0 Å². The van der Waals surface area contributed by atoms with Gasteiger partial charge in [0.1, 0.15) is 6.54 Å². The second kappa shape index (κ2) is 10.4. The van der Waals surface area contributed by atoms with E-state index in [9.17, 15) is 9.59 Å². The van der Waals surface area contributed by atoms with E-state index in [0.29, 0.717) is 34.2 Å². The highest BCUT2D eigenvalue weighted by Crippen LogP contribution is 2.37. The number of esters is 1. The lowest BCUT2D eigenvalue weighted by atomic mass is 10.3. The van der Waals surface area contributed by atoms with E-state index < -0.39 is 5.97 Å². The zero-order valence-corrected chi connectivity index (χ0v) is 19.7. The number of thiazole rings is 1. The van der Waals surface area contributed by atoms with Crippen molar-refractivity contribution in [3.05, 3.63) is 46.2 Å². The molecular formula is C22H21ClN2O5S2. The molecular weight excluding hydrogens is 472 g/mol.